The van der Waals surface area contributed by atoms with Crippen LogP contribution in [0.25, 0.3) is 0 Å². The van der Waals surface area contributed by atoms with Crippen molar-refractivity contribution in [3.05, 3.63) is 95.0 Å². The summed E-state index contributed by atoms with van der Waals surface area (Å²) in [7, 11) is 1.27. The van der Waals surface area contributed by atoms with Gasteiger partial charge < -0.3 is 9.84 Å². The zero-order valence-electron chi connectivity index (χ0n) is 18.8. The molecule has 0 radical (unpaired) electrons. The molecule has 9 nitrogen and oxygen atoms in total. The molecule has 0 spiro atoms. The van der Waals surface area contributed by atoms with Crippen LogP contribution in [-0.4, -0.2) is 47.3 Å². The molecule has 2 aromatic carbocycles. The Morgan fingerprint density at radius 1 is 1.17 bits per heavy atom. The maximum atomic E-state index is 14.9. The number of nitrogens with zero attached hydrogens (tertiary/aromatic N) is 6. The Bertz CT molecular complexity index is 1380. The van der Waals surface area contributed by atoms with Gasteiger partial charge in [0.05, 0.1) is 19.7 Å². The third-order valence-electron chi connectivity index (χ3n) is 5.86. The predicted octanol–water partition coefficient (Wildman–Crippen LogP) is 3.20. The van der Waals surface area contributed by atoms with Crippen LogP contribution in [0.3, 0.4) is 0 Å². The molecule has 0 aliphatic heterocycles. The lowest BCUT2D eigenvalue weighted by atomic mass is 9.86. The quantitative estimate of drug-likeness (QED) is 0.293. The number of hydrogen-bond donors (Lipinski definition) is 1. The van der Waals surface area contributed by atoms with Crippen LogP contribution < -0.4 is 0 Å². The molecule has 182 valence electrons. The highest BCUT2D eigenvalue weighted by molar-refractivity contribution is 7.71. The Kier molecular flexibility index (Phi) is 6.85. The van der Waals surface area contributed by atoms with Gasteiger partial charge in [0.25, 0.3) is 0 Å². The van der Waals surface area contributed by atoms with E-state index in [2.05, 4.69) is 15.2 Å². The van der Waals surface area contributed by atoms with Crippen molar-refractivity contribution in [2.24, 2.45) is 0 Å². The first-order valence-corrected chi connectivity index (χ1v) is 11.0. The van der Waals surface area contributed by atoms with Crippen molar-refractivity contribution in [1.82, 2.24) is 29.1 Å². The summed E-state index contributed by atoms with van der Waals surface area (Å²) in [5.74, 6) is -2.30. The molecule has 0 fully saturated rings. The van der Waals surface area contributed by atoms with E-state index >= 15 is 0 Å². The van der Waals surface area contributed by atoms with E-state index in [0.29, 0.717) is 11.6 Å². The molecule has 0 aliphatic rings. The van der Waals surface area contributed by atoms with Gasteiger partial charge in [-0.2, -0.15) is 10.2 Å². The fourth-order valence-corrected chi connectivity index (χ4v) is 4.33. The van der Waals surface area contributed by atoms with Crippen LogP contribution in [0.4, 0.5) is 8.78 Å². The number of benzene rings is 2. The molecule has 35 heavy (non-hydrogen) atoms. The first-order valence-electron chi connectivity index (χ1n) is 10.5. The molecular formula is C23H22F2N6O3S. The average Bonchev–Trinajstić information content (AvgIpc) is 3.49. The number of aliphatic hydroxyl groups is 1. The molecule has 0 saturated heterocycles. The lowest BCUT2D eigenvalue weighted by Gasteiger charge is -2.34. The predicted molar refractivity (Wildman–Crippen MR) is 123 cm³/mol. The molecule has 0 saturated carbocycles. The van der Waals surface area contributed by atoms with Crippen molar-refractivity contribution in [3.8, 4) is 0 Å². The van der Waals surface area contributed by atoms with E-state index in [1.807, 2.05) is 6.07 Å². The highest BCUT2D eigenvalue weighted by Crippen LogP contribution is 2.37. The van der Waals surface area contributed by atoms with Crippen LogP contribution in [0.5, 0.6) is 0 Å². The highest BCUT2D eigenvalue weighted by atomic mass is 32.1. The number of ether oxygens (including phenoxy) is 1. The standard InChI is InChI=1S/C23H22F2N6O3S/c1-15(23(33,11-29-13-26-12-27-29)18-9-8-17(24)10-19(18)25)31-22(35)30(14-28-31)20(21(32)34-2)16-6-4-3-5-7-16/h3-10,12-15,20,33H,11H2,1-2H3/t15-,20?,23-/m1/s1. The smallest absolute Gasteiger partial charge is 0.333 e. The number of hydrogen-bond acceptors (Lipinski definition) is 7. The molecule has 1 N–H and O–H groups in total. The monoisotopic (exact) mass is 500 g/mol. The van der Waals surface area contributed by atoms with Crippen LogP contribution in [-0.2, 0) is 21.7 Å². The number of esters is 1. The summed E-state index contributed by atoms with van der Waals surface area (Å²) in [6.07, 6.45) is 3.98. The van der Waals surface area contributed by atoms with Crippen molar-refractivity contribution >= 4 is 18.2 Å². The Morgan fingerprint density at radius 3 is 2.54 bits per heavy atom. The molecule has 4 aromatic rings. The minimum Gasteiger partial charge on any atom is -0.467 e. The number of carbonyl (C=O) groups is 1. The van der Waals surface area contributed by atoms with Crippen LogP contribution >= 0.6 is 12.2 Å². The summed E-state index contributed by atoms with van der Waals surface area (Å²) < 4.78 is 37.6. The first kappa shape index (κ1) is 24.4. The number of methoxy groups -OCH3 is 1. The second kappa shape index (κ2) is 9.84. The normalized spacial score (nSPS) is 14.8. The van der Waals surface area contributed by atoms with E-state index in [-0.39, 0.29) is 16.9 Å². The van der Waals surface area contributed by atoms with E-state index in [4.69, 9.17) is 17.0 Å². The Morgan fingerprint density at radius 2 is 1.91 bits per heavy atom. The van der Waals surface area contributed by atoms with Gasteiger partial charge in [0.2, 0.25) is 0 Å². The molecule has 2 aromatic heterocycles. The third-order valence-corrected chi connectivity index (χ3v) is 6.26. The summed E-state index contributed by atoms with van der Waals surface area (Å²) in [6.45, 7) is 1.35. The number of halogens is 2. The van der Waals surface area contributed by atoms with Crippen molar-refractivity contribution < 1.29 is 23.4 Å². The van der Waals surface area contributed by atoms with E-state index in [1.54, 1.807) is 31.2 Å². The fourth-order valence-electron chi connectivity index (χ4n) is 3.97. The van der Waals surface area contributed by atoms with Gasteiger partial charge in [0.1, 0.15) is 36.2 Å². The zero-order chi connectivity index (χ0) is 25.2. The summed E-state index contributed by atoms with van der Waals surface area (Å²) in [5, 5.41) is 20.2. The molecule has 0 amide bonds. The number of aromatic nitrogens is 6. The summed E-state index contributed by atoms with van der Waals surface area (Å²) in [6, 6.07) is 9.86. The van der Waals surface area contributed by atoms with Crippen LogP contribution in [0.2, 0.25) is 0 Å². The van der Waals surface area contributed by atoms with Crippen LogP contribution in [0.1, 0.15) is 30.1 Å². The molecule has 3 atom stereocenters. The summed E-state index contributed by atoms with van der Waals surface area (Å²) in [4.78, 5) is 16.5. The molecule has 4 rings (SSSR count). The van der Waals surface area contributed by atoms with E-state index in [0.717, 1.165) is 6.07 Å². The van der Waals surface area contributed by atoms with Crippen molar-refractivity contribution in [3.63, 3.8) is 0 Å². The maximum Gasteiger partial charge on any atom is 0.333 e. The highest BCUT2D eigenvalue weighted by Gasteiger charge is 2.42. The minimum absolute atomic E-state index is 0.0799. The second-order valence-electron chi connectivity index (χ2n) is 7.92. The van der Waals surface area contributed by atoms with Gasteiger partial charge in [0.15, 0.2) is 10.8 Å². The summed E-state index contributed by atoms with van der Waals surface area (Å²) >= 11 is 5.62. The minimum atomic E-state index is -1.98. The average molecular weight is 501 g/mol. The van der Waals surface area contributed by atoms with Gasteiger partial charge in [-0.05, 0) is 30.8 Å². The number of rotatable bonds is 8. The molecule has 0 bridgehead atoms. The van der Waals surface area contributed by atoms with E-state index in [1.165, 1.54) is 46.1 Å². The molecule has 0 aliphatic carbocycles. The third kappa shape index (κ3) is 4.62. The van der Waals surface area contributed by atoms with E-state index < -0.39 is 35.3 Å². The Hall–Kier alpha value is -3.77. The summed E-state index contributed by atoms with van der Waals surface area (Å²) in [5.41, 5.74) is -1.54. The van der Waals surface area contributed by atoms with Gasteiger partial charge in [-0.15, -0.1) is 0 Å². The number of carbonyl (C=O) groups excluding carboxylic acids is 1. The zero-order valence-corrected chi connectivity index (χ0v) is 19.6. The largest absolute Gasteiger partial charge is 0.467 e. The lowest BCUT2D eigenvalue weighted by Crippen LogP contribution is -2.41. The molecule has 1 unspecified atom stereocenters. The molecular weight excluding hydrogens is 478 g/mol. The Labute approximate surface area is 204 Å². The van der Waals surface area contributed by atoms with E-state index in [9.17, 15) is 18.7 Å². The van der Waals surface area contributed by atoms with Crippen molar-refractivity contribution in [1.29, 1.82) is 0 Å². The molecule has 12 heteroatoms. The Balaban J connectivity index is 1.82. The van der Waals surface area contributed by atoms with Gasteiger partial charge in [-0.25, -0.2) is 27.9 Å². The molecule has 2 heterocycles. The topological polar surface area (TPSA) is 100.0 Å². The van der Waals surface area contributed by atoms with Gasteiger partial charge >= 0.3 is 5.97 Å². The van der Waals surface area contributed by atoms with Crippen molar-refractivity contribution in [2.45, 2.75) is 31.2 Å². The van der Waals surface area contributed by atoms with Gasteiger partial charge in [-0.3, -0.25) is 4.57 Å². The van der Waals surface area contributed by atoms with Gasteiger partial charge in [-0.1, -0.05) is 36.4 Å². The lowest BCUT2D eigenvalue weighted by molar-refractivity contribution is -0.143. The second-order valence-corrected chi connectivity index (χ2v) is 8.28. The van der Waals surface area contributed by atoms with Crippen LogP contribution in [0, 0.1) is 16.4 Å². The van der Waals surface area contributed by atoms with Crippen molar-refractivity contribution in [2.75, 3.05) is 7.11 Å². The first-order chi connectivity index (χ1) is 16.8. The van der Waals surface area contributed by atoms with Gasteiger partial charge in [0, 0.05) is 11.6 Å². The SMILES string of the molecule is COC(=O)C(c1ccccc1)n1cnn([C@H](C)[C@](O)(Cn2cncn2)c2ccc(F)cc2F)c1=S. The van der Waals surface area contributed by atoms with Crippen LogP contribution in [0.15, 0.2) is 67.5 Å². The fraction of sp³-hybridized carbons (Fsp3) is 0.261. The maximum absolute atomic E-state index is 14.9.